The fourth-order valence-corrected chi connectivity index (χ4v) is 2.54. The van der Waals surface area contributed by atoms with Crippen LogP contribution in [0.15, 0.2) is 60.7 Å². The molecule has 0 aliphatic rings. The molecule has 3 rings (SSSR count). The van der Waals surface area contributed by atoms with E-state index in [9.17, 15) is 14.0 Å². The maximum absolute atomic E-state index is 13.7. The van der Waals surface area contributed by atoms with Crippen molar-refractivity contribution in [2.75, 3.05) is 13.7 Å². The van der Waals surface area contributed by atoms with Crippen molar-refractivity contribution >= 4 is 22.5 Å². The summed E-state index contributed by atoms with van der Waals surface area (Å²) in [5.41, 5.74) is 0.496. The van der Waals surface area contributed by atoms with Crippen LogP contribution in [0.4, 0.5) is 4.39 Å². The van der Waals surface area contributed by atoms with E-state index in [0.29, 0.717) is 5.56 Å². The Kier molecular flexibility index (Phi) is 4.75. The molecule has 4 nitrogen and oxygen atoms in total. The topological polar surface area (TPSA) is 52.6 Å². The largest absolute Gasteiger partial charge is 0.494 e. The van der Waals surface area contributed by atoms with Crippen LogP contribution in [0.2, 0.25) is 0 Å². The van der Waals surface area contributed by atoms with Gasteiger partial charge in [0.2, 0.25) is 0 Å². The Hall–Kier alpha value is -3.21. The number of Topliss-reactive ketones (excluding diaryl/α,β-unsaturated/α-hetero) is 1. The van der Waals surface area contributed by atoms with Crippen LogP contribution in [0.5, 0.6) is 5.75 Å². The number of methoxy groups -OCH3 is 1. The van der Waals surface area contributed by atoms with Crippen LogP contribution in [0.25, 0.3) is 10.8 Å². The van der Waals surface area contributed by atoms with Gasteiger partial charge in [-0.1, -0.05) is 36.4 Å². The first-order valence-electron chi connectivity index (χ1n) is 7.62. The molecular formula is C20H15FO4. The van der Waals surface area contributed by atoms with Gasteiger partial charge in [0, 0.05) is 5.56 Å². The van der Waals surface area contributed by atoms with Crippen molar-refractivity contribution in [2.45, 2.75) is 0 Å². The number of esters is 1. The van der Waals surface area contributed by atoms with Crippen molar-refractivity contribution in [3.63, 3.8) is 0 Å². The summed E-state index contributed by atoms with van der Waals surface area (Å²) in [6.45, 7) is -0.464. The third-order valence-electron chi connectivity index (χ3n) is 3.82. The van der Waals surface area contributed by atoms with E-state index in [-0.39, 0.29) is 11.3 Å². The van der Waals surface area contributed by atoms with Crippen molar-refractivity contribution in [2.24, 2.45) is 0 Å². The Bertz CT molecular complexity index is 944. The number of ether oxygens (including phenoxy) is 2. The lowest BCUT2D eigenvalue weighted by atomic mass is 10.0. The van der Waals surface area contributed by atoms with Crippen LogP contribution in [0.3, 0.4) is 0 Å². The second-order valence-corrected chi connectivity index (χ2v) is 5.38. The highest BCUT2D eigenvalue weighted by atomic mass is 19.1. The summed E-state index contributed by atoms with van der Waals surface area (Å²) in [6.07, 6.45) is 0. The van der Waals surface area contributed by atoms with Crippen LogP contribution in [0.1, 0.15) is 20.7 Å². The first kappa shape index (κ1) is 16.6. The number of ketones is 1. The highest BCUT2D eigenvalue weighted by molar-refractivity contribution is 6.06. The van der Waals surface area contributed by atoms with Gasteiger partial charge < -0.3 is 9.47 Å². The van der Waals surface area contributed by atoms with Crippen molar-refractivity contribution < 1.29 is 23.5 Å². The highest BCUT2D eigenvalue weighted by Crippen LogP contribution is 2.20. The maximum atomic E-state index is 13.7. The summed E-state index contributed by atoms with van der Waals surface area (Å²) in [7, 11) is 1.34. The number of hydrogen-bond donors (Lipinski definition) is 0. The van der Waals surface area contributed by atoms with Crippen LogP contribution in [-0.2, 0) is 4.74 Å². The van der Waals surface area contributed by atoms with Crippen LogP contribution in [-0.4, -0.2) is 25.5 Å². The van der Waals surface area contributed by atoms with Gasteiger partial charge in [-0.3, -0.25) is 4.79 Å². The first-order valence-corrected chi connectivity index (χ1v) is 7.62. The minimum absolute atomic E-state index is 0.0456. The minimum Gasteiger partial charge on any atom is -0.494 e. The molecule has 0 aliphatic heterocycles. The molecule has 0 aliphatic carbocycles. The van der Waals surface area contributed by atoms with Gasteiger partial charge in [-0.2, -0.15) is 0 Å². The zero-order valence-electron chi connectivity index (χ0n) is 13.5. The fraction of sp³-hybridized carbons (Fsp3) is 0.100. The van der Waals surface area contributed by atoms with Gasteiger partial charge in [-0.15, -0.1) is 0 Å². The molecule has 0 fully saturated rings. The lowest BCUT2D eigenvalue weighted by molar-refractivity contribution is 0.0476. The SMILES string of the molecule is COc1ccc(C(=O)COC(=O)c2cccc3ccccc23)cc1F. The van der Waals surface area contributed by atoms with Crippen LogP contribution in [0, 0.1) is 5.82 Å². The lowest BCUT2D eigenvalue weighted by Gasteiger charge is -2.08. The Labute approximate surface area is 143 Å². The summed E-state index contributed by atoms with van der Waals surface area (Å²) < 4.78 is 23.6. The Balaban J connectivity index is 1.73. The van der Waals surface area contributed by atoms with Gasteiger partial charge in [-0.25, -0.2) is 9.18 Å². The molecule has 0 N–H and O–H groups in total. The van der Waals surface area contributed by atoms with E-state index in [1.54, 1.807) is 12.1 Å². The molecule has 126 valence electrons. The molecule has 25 heavy (non-hydrogen) atoms. The second-order valence-electron chi connectivity index (χ2n) is 5.38. The summed E-state index contributed by atoms with van der Waals surface area (Å²) in [5.74, 6) is -1.69. The molecule has 0 heterocycles. The summed E-state index contributed by atoms with van der Waals surface area (Å²) >= 11 is 0. The maximum Gasteiger partial charge on any atom is 0.339 e. The molecule has 0 spiro atoms. The average molecular weight is 338 g/mol. The zero-order valence-corrected chi connectivity index (χ0v) is 13.5. The molecule has 0 radical (unpaired) electrons. The Morgan fingerprint density at radius 3 is 2.52 bits per heavy atom. The smallest absolute Gasteiger partial charge is 0.339 e. The average Bonchev–Trinajstić information content (AvgIpc) is 2.65. The molecular weight excluding hydrogens is 323 g/mol. The van der Waals surface area contributed by atoms with Crippen molar-refractivity contribution in [1.29, 1.82) is 0 Å². The molecule has 0 atom stereocenters. The van der Waals surface area contributed by atoms with Crippen LogP contribution < -0.4 is 4.74 Å². The van der Waals surface area contributed by atoms with Gasteiger partial charge in [0.25, 0.3) is 0 Å². The number of carbonyl (C=O) groups excluding carboxylic acids is 2. The monoisotopic (exact) mass is 338 g/mol. The molecule has 0 amide bonds. The molecule has 0 unspecified atom stereocenters. The van der Waals surface area contributed by atoms with E-state index in [0.717, 1.165) is 16.8 Å². The number of fused-ring (bicyclic) bond motifs is 1. The molecule has 3 aromatic carbocycles. The first-order chi connectivity index (χ1) is 12.1. The number of carbonyl (C=O) groups is 2. The normalized spacial score (nSPS) is 10.5. The summed E-state index contributed by atoms with van der Waals surface area (Å²) in [6, 6.07) is 16.5. The number of hydrogen-bond acceptors (Lipinski definition) is 4. The van der Waals surface area contributed by atoms with Gasteiger partial charge in [0.05, 0.1) is 12.7 Å². The quantitative estimate of drug-likeness (QED) is 0.521. The second kappa shape index (κ2) is 7.13. The van der Waals surface area contributed by atoms with Gasteiger partial charge in [0.1, 0.15) is 0 Å². The molecule has 0 aromatic heterocycles. The minimum atomic E-state index is -0.645. The van der Waals surface area contributed by atoms with E-state index in [2.05, 4.69) is 0 Å². The van der Waals surface area contributed by atoms with E-state index in [4.69, 9.17) is 9.47 Å². The number of halogens is 1. The van der Waals surface area contributed by atoms with E-state index >= 15 is 0 Å². The molecule has 0 saturated carbocycles. The van der Waals surface area contributed by atoms with Crippen molar-refractivity contribution in [3.05, 3.63) is 77.6 Å². The number of rotatable bonds is 5. The zero-order chi connectivity index (χ0) is 17.8. The van der Waals surface area contributed by atoms with Crippen LogP contribution >= 0.6 is 0 Å². The third-order valence-corrected chi connectivity index (χ3v) is 3.82. The Morgan fingerprint density at radius 2 is 1.76 bits per heavy atom. The fourth-order valence-electron chi connectivity index (χ4n) is 2.54. The molecule has 0 bridgehead atoms. The predicted molar refractivity (Wildman–Crippen MR) is 91.5 cm³/mol. The van der Waals surface area contributed by atoms with E-state index in [1.165, 1.54) is 19.2 Å². The lowest BCUT2D eigenvalue weighted by Crippen LogP contribution is -2.14. The van der Waals surface area contributed by atoms with E-state index < -0.39 is 24.2 Å². The number of benzene rings is 3. The molecule has 0 saturated heterocycles. The standard InChI is InChI=1S/C20H15FO4/c1-24-19-10-9-14(11-17(19)21)18(22)12-25-20(23)16-8-4-6-13-5-2-3-7-15(13)16/h2-11H,12H2,1H3. The molecule has 5 heteroatoms. The van der Waals surface area contributed by atoms with Gasteiger partial charge >= 0.3 is 5.97 Å². The highest BCUT2D eigenvalue weighted by Gasteiger charge is 2.15. The van der Waals surface area contributed by atoms with Gasteiger partial charge in [-0.05, 0) is 35.0 Å². The summed E-state index contributed by atoms with van der Waals surface area (Å²) in [5, 5.41) is 1.65. The summed E-state index contributed by atoms with van der Waals surface area (Å²) in [4.78, 5) is 24.4. The molecule has 3 aromatic rings. The van der Waals surface area contributed by atoms with E-state index in [1.807, 2.05) is 30.3 Å². The van der Waals surface area contributed by atoms with Crippen molar-refractivity contribution in [1.82, 2.24) is 0 Å². The predicted octanol–water partition coefficient (Wildman–Crippen LogP) is 4.03. The van der Waals surface area contributed by atoms with Crippen molar-refractivity contribution in [3.8, 4) is 5.75 Å². The van der Waals surface area contributed by atoms with Gasteiger partial charge in [0.15, 0.2) is 24.0 Å². The third kappa shape index (κ3) is 3.50. The Morgan fingerprint density at radius 1 is 1.00 bits per heavy atom.